The lowest BCUT2D eigenvalue weighted by atomic mass is 10.2. The van der Waals surface area contributed by atoms with Crippen molar-refractivity contribution in [1.82, 2.24) is 4.98 Å². The zero-order valence-corrected chi connectivity index (χ0v) is 9.67. The molecule has 0 saturated heterocycles. The Bertz CT molecular complexity index is 470. The van der Waals surface area contributed by atoms with Gasteiger partial charge in [-0.25, -0.2) is 4.98 Å². The van der Waals surface area contributed by atoms with Crippen LogP contribution in [0.4, 0.5) is 0 Å². The lowest BCUT2D eigenvalue weighted by Gasteiger charge is -2.07. The summed E-state index contributed by atoms with van der Waals surface area (Å²) in [6.07, 6.45) is 2.03. The van der Waals surface area contributed by atoms with Gasteiger partial charge in [0.15, 0.2) is 0 Å². The van der Waals surface area contributed by atoms with Crippen molar-refractivity contribution in [3.05, 3.63) is 30.3 Å². The van der Waals surface area contributed by atoms with Gasteiger partial charge >= 0.3 is 0 Å². The highest BCUT2D eigenvalue weighted by Gasteiger charge is 2.04. The fourth-order valence-corrected chi connectivity index (χ4v) is 2.11. The molecular weight excluding hydrogens is 206 g/mol. The van der Waals surface area contributed by atoms with Crippen molar-refractivity contribution in [2.75, 3.05) is 12.9 Å². The topological polar surface area (TPSA) is 22.1 Å². The van der Waals surface area contributed by atoms with Gasteiger partial charge in [0.1, 0.15) is 5.03 Å². The van der Waals surface area contributed by atoms with Crippen LogP contribution in [0.5, 0.6) is 5.88 Å². The van der Waals surface area contributed by atoms with Gasteiger partial charge in [0.05, 0.1) is 6.61 Å². The number of rotatable bonds is 3. The van der Waals surface area contributed by atoms with Gasteiger partial charge < -0.3 is 4.74 Å². The van der Waals surface area contributed by atoms with E-state index in [2.05, 4.69) is 17.1 Å². The summed E-state index contributed by atoms with van der Waals surface area (Å²) >= 11 is 1.65. The van der Waals surface area contributed by atoms with E-state index >= 15 is 0 Å². The van der Waals surface area contributed by atoms with Gasteiger partial charge in [-0.2, -0.15) is 0 Å². The van der Waals surface area contributed by atoms with Crippen LogP contribution < -0.4 is 4.74 Å². The molecule has 78 valence electrons. The summed E-state index contributed by atoms with van der Waals surface area (Å²) in [6.45, 7) is 2.62. The largest absolute Gasteiger partial charge is 0.478 e. The van der Waals surface area contributed by atoms with Crippen LogP contribution in [0.2, 0.25) is 0 Å². The van der Waals surface area contributed by atoms with Crippen LogP contribution in [0.15, 0.2) is 35.4 Å². The zero-order valence-electron chi connectivity index (χ0n) is 8.86. The predicted molar refractivity (Wildman–Crippen MR) is 64.7 cm³/mol. The molecule has 1 aromatic heterocycles. The minimum atomic E-state index is 0.652. The molecular formula is C12H13NOS. The van der Waals surface area contributed by atoms with Crippen molar-refractivity contribution in [1.29, 1.82) is 0 Å². The molecule has 2 aromatic rings. The number of aromatic nitrogens is 1. The highest BCUT2D eigenvalue weighted by molar-refractivity contribution is 7.98. The molecule has 0 aliphatic carbocycles. The van der Waals surface area contributed by atoms with Gasteiger partial charge in [0, 0.05) is 11.5 Å². The molecule has 0 aliphatic heterocycles. The van der Waals surface area contributed by atoms with Gasteiger partial charge in [-0.05, 0) is 18.6 Å². The third-order valence-electron chi connectivity index (χ3n) is 2.17. The van der Waals surface area contributed by atoms with Gasteiger partial charge in [-0.3, -0.25) is 0 Å². The first-order chi connectivity index (χ1) is 7.35. The third-order valence-corrected chi connectivity index (χ3v) is 2.87. The van der Waals surface area contributed by atoms with Crippen LogP contribution in [-0.4, -0.2) is 17.8 Å². The van der Waals surface area contributed by atoms with E-state index in [0.29, 0.717) is 12.5 Å². The van der Waals surface area contributed by atoms with E-state index in [-0.39, 0.29) is 0 Å². The molecule has 15 heavy (non-hydrogen) atoms. The Balaban J connectivity index is 2.60. The van der Waals surface area contributed by atoms with Gasteiger partial charge in [0.2, 0.25) is 5.88 Å². The van der Waals surface area contributed by atoms with Crippen molar-refractivity contribution < 1.29 is 4.74 Å². The van der Waals surface area contributed by atoms with Crippen molar-refractivity contribution in [3.63, 3.8) is 0 Å². The van der Waals surface area contributed by atoms with Crippen LogP contribution in [-0.2, 0) is 0 Å². The Hall–Kier alpha value is -1.22. The second-order valence-corrected chi connectivity index (χ2v) is 3.92. The molecule has 1 heterocycles. The highest BCUT2D eigenvalue weighted by Crippen LogP contribution is 2.27. The molecule has 2 rings (SSSR count). The number of nitrogens with zero attached hydrogens (tertiary/aromatic N) is 1. The summed E-state index contributed by atoms with van der Waals surface area (Å²) in [4.78, 5) is 4.45. The quantitative estimate of drug-likeness (QED) is 0.739. The summed E-state index contributed by atoms with van der Waals surface area (Å²) in [5, 5.41) is 3.39. The van der Waals surface area contributed by atoms with Crippen molar-refractivity contribution >= 4 is 22.5 Å². The second kappa shape index (κ2) is 4.53. The highest BCUT2D eigenvalue weighted by atomic mass is 32.2. The second-order valence-electron chi connectivity index (χ2n) is 3.12. The maximum atomic E-state index is 5.43. The molecule has 0 atom stereocenters. The molecule has 0 amide bonds. The number of thioether (sulfide) groups is 1. The molecule has 0 saturated carbocycles. The Morgan fingerprint density at radius 2 is 2.13 bits per heavy atom. The molecule has 0 fully saturated rings. The van der Waals surface area contributed by atoms with E-state index in [1.165, 1.54) is 10.8 Å². The summed E-state index contributed by atoms with van der Waals surface area (Å²) in [5.74, 6) is 0.709. The van der Waals surface area contributed by atoms with Gasteiger partial charge in [-0.1, -0.05) is 24.3 Å². The molecule has 0 radical (unpaired) electrons. The van der Waals surface area contributed by atoms with Crippen LogP contribution in [0.1, 0.15) is 6.92 Å². The summed E-state index contributed by atoms with van der Waals surface area (Å²) in [7, 11) is 0. The van der Waals surface area contributed by atoms with E-state index in [4.69, 9.17) is 4.74 Å². The molecule has 0 spiro atoms. The summed E-state index contributed by atoms with van der Waals surface area (Å²) < 4.78 is 5.43. The fourth-order valence-electron chi connectivity index (χ4n) is 1.52. The van der Waals surface area contributed by atoms with E-state index < -0.39 is 0 Å². The average Bonchev–Trinajstić information content (AvgIpc) is 2.28. The zero-order chi connectivity index (χ0) is 10.7. The molecule has 2 nitrogen and oxygen atoms in total. The Morgan fingerprint density at radius 1 is 1.33 bits per heavy atom. The number of fused-ring (bicyclic) bond motifs is 1. The predicted octanol–water partition coefficient (Wildman–Crippen LogP) is 3.36. The van der Waals surface area contributed by atoms with Crippen molar-refractivity contribution in [2.24, 2.45) is 0 Å². The number of benzene rings is 1. The minimum absolute atomic E-state index is 0.652. The Morgan fingerprint density at radius 3 is 2.87 bits per heavy atom. The van der Waals surface area contributed by atoms with E-state index in [1.54, 1.807) is 11.8 Å². The first-order valence-electron chi connectivity index (χ1n) is 4.91. The summed E-state index contributed by atoms with van der Waals surface area (Å²) in [5.41, 5.74) is 0. The maximum Gasteiger partial charge on any atom is 0.214 e. The first kappa shape index (κ1) is 10.3. The Kier molecular flexibility index (Phi) is 3.11. The maximum absolute atomic E-state index is 5.43. The van der Waals surface area contributed by atoms with Crippen LogP contribution in [0.3, 0.4) is 0 Å². The number of ether oxygens (including phenoxy) is 1. The third kappa shape index (κ3) is 2.07. The molecule has 1 aromatic carbocycles. The smallest absolute Gasteiger partial charge is 0.214 e. The van der Waals surface area contributed by atoms with E-state index in [9.17, 15) is 0 Å². The number of hydrogen-bond donors (Lipinski definition) is 0. The Labute approximate surface area is 93.7 Å². The lowest BCUT2D eigenvalue weighted by Crippen LogP contribution is -1.95. The molecule has 3 heteroatoms. The molecule has 0 aliphatic rings. The first-order valence-corrected chi connectivity index (χ1v) is 6.14. The van der Waals surface area contributed by atoms with Gasteiger partial charge in [0.25, 0.3) is 0 Å². The average molecular weight is 219 g/mol. The summed E-state index contributed by atoms with van der Waals surface area (Å²) in [6, 6.07) is 10.2. The normalized spacial score (nSPS) is 10.5. The molecule has 0 bridgehead atoms. The monoisotopic (exact) mass is 219 g/mol. The van der Waals surface area contributed by atoms with Crippen LogP contribution >= 0.6 is 11.8 Å². The van der Waals surface area contributed by atoms with Crippen LogP contribution in [0, 0.1) is 0 Å². The van der Waals surface area contributed by atoms with Crippen molar-refractivity contribution in [2.45, 2.75) is 11.9 Å². The minimum Gasteiger partial charge on any atom is -0.478 e. The van der Waals surface area contributed by atoms with E-state index in [0.717, 1.165) is 5.03 Å². The lowest BCUT2D eigenvalue weighted by molar-refractivity contribution is 0.325. The SMILES string of the molecule is CCOc1cc2ccccc2c(SC)n1. The van der Waals surface area contributed by atoms with Crippen molar-refractivity contribution in [3.8, 4) is 5.88 Å². The number of pyridine rings is 1. The van der Waals surface area contributed by atoms with E-state index in [1.807, 2.05) is 31.4 Å². The van der Waals surface area contributed by atoms with Gasteiger partial charge in [-0.15, -0.1) is 11.8 Å². The molecule has 0 N–H and O–H groups in total. The standard InChI is InChI=1S/C12H13NOS/c1-3-14-11-8-9-6-4-5-7-10(9)12(13-11)15-2/h4-8H,3H2,1-2H3. The molecule has 0 unspecified atom stereocenters. The number of hydrogen-bond acceptors (Lipinski definition) is 3. The fraction of sp³-hybridized carbons (Fsp3) is 0.250. The van der Waals surface area contributed by atoms with Crippen LogP contribution in [0.25, 0.3) is 10.8 Å².